The lowest BCUT2D eigenvalue weighted by molar-refractivity contribution is -0.122. The van der Waals surface area contributed by atoms with Gasteiger partial charge in [0.1, 0.15) is 11.6 Å². The number of hydrogen-bond acceptors (Lipinski definition) is 5. The van der Waals surface area contributed by atoms with Crippen molar-refractivity contribution in [3.8, 4) is 0 Å². The van der Waals surface area contributed by atoms with E-state index in [-0.39, 0.29) is 5.91 Å². The van der Waals surface area contributed by atoms with Gasteiger partial charge >= 0.3 is 0 Å². The van der Waals surface area contributed by atoms with Gasteiger partial charge in [-0.3, -0.25) is 4.79 Å². The monoisotopic (exact) mass is 423 g/mol. The third-order valence-corrected chi connectivity index (χ3v) is 6.31. The molecule has 5 rings (SSSR count). The molecular weight excluding hydrogens is 398 g/mol. The van der Waals surface area contributed by atoms with Gasteiger partial charge in [0.15, 0.2) is 0 Å². The Labute approximate surface area is 187 Å². The van der Waals surface area contributed by atoms with Crippen LogP contribution in [0.5, 0.6) is 0 Å². The quantitative estimate of drug-likeness (QED) is 0.509. The number of nitrogen functional groups attached to an aromatic ring is 1. The molecule has 6 heteroatoms. The van der Waals surface area contributed by atoms with Gasteiger partial charge in [-0.15, -0.1) is 0 Å². The molecule has 0 aliphatic carbocycles. The summed E-state index contributed by atoms with van der Waals surface area (Å²) in [5, 5.41) is 4.15. The first-order valence-electron chi connectivity index (χ1n) is 10.8. The highest BCUT2D eigenvalue weighted by molar-refractivity contribution is 5.99. The topological polar surface area (TPSA) is 84.1 Å². The molecule has 0 atom stereocenters. The van der Waals surface area contributed by atoms with Crippen molar-refractivity contribution < 1.29 is 4.79 Å². The fraction of sp³-hybridized carbons (Fsp3) is 0.192. The maximum absolute atomic E-state index is 13.7. The van der Waals surface area contributed by atoms with Crippen molar-refractivity contribution in [2.75, 3.05) is 29.0 Å². The van der Waals surface area contributed by atoms with Crippen molar-refractivity contribution in [3.05, 3.63) is 90.6 Å². The molecule has 0 radical (unpaired) electrons. The standard InChI is InChI=1S/C26H25N5O/c27-21-12-15-28-24(18-21)31-16-13-26(14-17-31,20-7-2-1-3-8-20)25(32)30-23-11-10-19-6-4-5-9-22(19)29-23/h1-12,15,18H,13-14,16-17H2,(H2,27,28)(H,29,30,32). The summed E-state index contributed by atoms with van der Waals surface area (Å²) < 4.78 is 0. The molecule has 3 N–H and O–H groups in total. The number of hydrogen-bond donors (Lipinski definition) is 2. The van der Waals surface area contributed by atoms with E-state index < -0.39 is 5.41 Å². The molecule has 4 aromatic rings. The molecule has 0 unspecified atom stereocenters. The Morgan fingerprint density at radius 1 is 0.938 bits per heavy atom. The van der Waals surface area contributed by atoms with E-state index >= 15 is 0 Å². The predicted octanol–water partition coefficient (Wildman–Crippen LogP) is 4.39. The van der Waals surface area contributed by atoms with Crippen LogP contribution in [0.1, 0.15) is 18.4 Å². The number of carbonyl (C=O) groups excluding carboxylic acids is 1. The summed E-state index contributed by atoms with van der Waals surface area (Å²) >= 11 is 0. The molecule has 0 saturated carbocycles. The van der Waals surface area contributed by atoms with Crippen LogP contribution in [-0.2, 0) is 10.2 Å². The van der Waals surface area contributed by atoms with Crippen molar-refractivity contribution in [3.63, 3.8) is 0 Å². The van der Waals surface area contributed by atoms with Crippen molar-refractivity contribution >= 4 is 34.1 Å². The molecule has 1 saturated heterocycles. The molecule has 1 amide bonds. The lowest BCUT2D eigenvalue weighted by Gasteiger charge is -2.41. The summed E-state index contributed by atoms with van der Waals surface area (Å²) in [5.41, 5.74) is 7.89. The van der Waals surface area contributed by atoms with Crippen LogP contribution in [0.15, 0.2) is 85.1 Å². The van der Waals surface area contributed by atoms with Gasteiger partial charge in [0.25, 0.3) is 0 Å². The summed E-state index contributed by atoms with van der Waals surface area (Å²) in [4.78, 5) is 25.0. The Morgan fingerprint density at radius 2 is 1.69 bits per heavy atom. The zero-order valence-corrected chi connectivity index (χ0v) is 17.7. The predicted molar refractivity (Wildman–Crippen MR) is 129 cm³/mol. The number of fused-ring (bicyclic) bond motifs is 1. The minimum atomic E-state index is -0.634. The van der Waals surface area contributed by atoms with Crippen LogP contribution < -0.4 is 16.0 Å². The molecule has 160 valence electrons. The molecule has 0 spiro atoms. The van der Waals surface area contributed by atoms with E-state index in [4.69, 9.17) is 5.73 Å². The molecule has 3 heterocycles. The van der Waals surface area contributed by atoms with E-state index in [9.17, 15) is 4.79 Å². The first kappa shape index (κ1) is 20.0. The average molecular weight is 424 g/mol. The van der Waals surface area contributed by atoms with Crippen LogP contribution >= 0.6 is 0 Å². The van der Waals surface area contributed by atoms with Gasteiger partial charge in [-0.1, -0.05) is 48.5 Å². The minimum absolute atomic E-state index is 0.0216. The van der Waals surface area contributed by atoms with Crippen LogP contribution in [0, 0.1) is 0 Å². The first-order chi connectivity index (χ1) is 15.6. The zero-order valence-electron chi connectivity index (χ0n) is 17.7. The number of amides is 1. The largest absolute Gasteiger partial charge is 0.399 e. The fourth-order valence-electron chi connectivity index (χ4n) is 4.50. The lowest BCUT2D eigenvalue weighted by atomic mass is 9.72. The molecule has 2 aromatic carbocycles. The number of pyridine rings is 2. The maximum Gasteiger partial charge on any atom is 0.236 e. The summed E-state index contributed by atoms with van der Waals surface area (Å²) in [7, 11) is 0. The highest BCUT2D eigenvalue weighted by Gasteiger charge is 2.43. The highest BCUT2D eigenvalue weighted by atomic mass is 16.2. The van der Waals surface area contributed by atoms with Crippen molar-refractivity contribution in [2.24, 2.45) is 0 Å². The van der Waals surface area contributed by atoms with E-state index in [1.807, 2.05) is 72.8 Å². The lowest BCUT2D eigenvalue weighted by Crippen LogP contribution is -2.50. The third kappa shape index (κ3) is 3.75. The summed E-state index contributed by atoms with van der Waals surface area (Å²) in [6.07, 6.45) is 3.07. The smallest absolute Gasteiger partial charge is 0.236 e. The molecule has 2 aromatic heterocycles. The molecule has 0 bridgehead atoms. The van der Waals surface area contributed by atoms with Gasteiger partial charge in [0.05, 0.1) is 10.9 Å². The van der Waals surface area contributed by atoms with E-state index in [2.05, 4.69) is 20.2 Å². The van der Waals surface area contributed by atoms with Crippen molar-refractivity contribution in [1.29, 1.82) is 0 Å². The molecule has 1 aliphatic heterocycles. The van der Waals surface area contributed by atoms with Crippen molar-refractivity contribution in [1.82, 2.24) is 9.97 Å². The number of aromatic nitrogens is 2. The van der Waals surface area contributed by atoms with Gasteiger partial charge in [0.2, 0.25) is 5.91 Å². The highest BCUT2D eigenvalue weighted by Crippen LogP contribution is 2.38. The SMILES string of the molecule is Nc1ccnc(N2CCC(C(=O)Nc3ccc4ccccc4n3)(c3ccccc3)CC2)c1. The van der Waals surface area contributed by atoms with E-state index in [0.29, 0.717) is 37.4 Å². The Balaban J connectivity index is 1.43. The van der Waals surface area contributed by atoms with Crippen LogP contribution in [0.25, 0.3) is 10.9 Å². The number of benzene rings is 2. The van der Waals surface area contributed by atoms with Gasteiger partial charge in [-0.2, -0.15) is 0 Å². The fourth-order valence-corrected chi connectivity index (χ4v) is 4.50. The number of piperidine rings is 1. The normalized spacial score (nSPS) is 15.4. The Hall–Kier alpha value is -3.93. The van der Waals surface area contributed by atoms with E-state index in [1.165, 1.54) is 0 Å². The van der Waals surface area contributed by atoms with Crippen LogP contribution in [0.3, 0.4) is 0 Å². The average Bonchev–Trinajstić information content (AvgIpc) is 2.84. The summed E-state index contributed by atoms with van der Waals surface area (Å²) in [6, 6.07) is 25.5. The number of para-hydroxylation sites is 1. The van der Waals surface area contributed by atoms with E-state index in [1.54, 1.807) is 12.3 Å². The Kier molecular flexibility index (Phi) is 5.19. The number of rotatable bonds is 4. The molecule has 32 heavy (non-hydrogen) atoms. The second-order valence-electron chi connectivity index (χ2n) is 8.23. The summed E-state index contributed by atoms with van der Waals surface area (Å²) in [5.74, 6) is 1.40. The molecule has 1 fully saturated rings. The number of nitrogens with two attached hydrogens (primary N) is 1. The minimum Gasteiger partial charge on any atom is -0.399 e. The Morgan fingerprint density at radius 3 is 2.47 bits per heavy atom. The maximum atomic E-state index is 13.7. The van der Waals surface area contributed by atoms with Gasteiger partial charge in [0, 0.05) is 36.4 Å². The molecular formula is C26H25N5O. The van der Waals surface area contributed by atoms with Crippen LogP contribution in [-0.4, -0.2) is 29.0 Å². The van der Waals surface area contributed by atoms with Gasteiger partial charge in [-0.05, 0) is 42.7 Å². The Bertz CT molecular complexity index is 1250. The number of nitrogens with one attached hydrogen (secondary N) is 1. The van der Waals surface area contributed by atoms with E-state index in [0.717, 1.165) is 22.3 Å². The second kappa shape index (κ2) is 8.30. The molecule has 1 aliphatic rings. The number of anilines is 3. The third-order valence-electron chi connectivity index (χ3n) is 6.31. The molecule has 6 nitrogen and oxygen atoms in total. The number of carbonyl (C=O) groups is 1. The number of nitrogens with zero attached hydrogens (tertiary/aromatic N) is 3. The van der Waals surface area contributed by atoms with Crippen LogP contribution in [0.4, 0.5) is 17.3 Å². The van der Waals surface area contributed by atoms with Crippen molar-refractivity contribution in [2.45, 2.75) is 18.3 Å². The zero-order chi connectivity index (χ0) is 22.0. The first-order valence-corrected chi connectivity index (χ1v) is 10.8. The second-order valence-corrected chi connectivity index (χ2v) is 8.23. The van der Waals surface area contributed by atoms with Crippen LogP contribution in [0.2, 0.25) is 0 Å². The summed E-state index contributed by atoms with van der Waals surface area (Å²) in [6.45, 7) is 1.42. The van der Waals surface area contributed by atoms with Gasteiger partial charge in [-0.25, -0.2) is 9.97 Å². The van der Waals surface area contributed by atoms with Gasteiger partial charge < -0.3 is 16.0 Å².